The number of hydrogen-bond acceptors (Lipinski definition) is 3. The number of aryl methyl sites for hydroxylation is 2. The van der Waals surface area contributed by atoms with Crippen LogP contribution in [-0.4, -0.2) is 9.55 Å². The molecule has 0 radical (unpaired) electrons. The quantitative estimate of drug-likeness (QED) is 0.525. The van der Waals surface area contributed by atoms with Gasteiger partial charge < -0.3 is 0 Å². The summed E-state index contributed by atoms with van der Waals surface area (Å²) in [6.07, 6.45) is -0.189. The molecule has 2 aromatic heterocycles. The lowest BCUT2D eigenvalue weighted by Gasteiger charge is -2.15. The van der Waals surface area contributed by atoms with Crippen LogP contribution in [0.4, 0.5) is 13.2 Å². The average Bonchev–Trinajstić information content (AvgIpc) is 2.80. The molecule has 4 rings (SSSR count). The van der Waals surface area contributed by atoms with E-state index in [4.69, 9.17) is 11.6 Å². The summed E-state index contributed by atoms with van der Waals surface area (Å²) < 4.78 is 41.7. The second kappa shape index (κ2) is 6.95. The summed E-state index contributed by atoms with van der Waals surface area (Å²) in [7, 11) is 0. The molecule has 8 heteroatoms. The molecule has 0 spiro atoms. The smallest absolute Gasteiger partial charge is 0.284 e. The van der Waals surface area contributed by atoms with E-state index >= 15 is 0 Å². The standard InChI is InChI=1S/C19H16ClF3N2OS/c20-12-8-6-11(7-9-12)10-25-17(26)15-13-4-2-1-3-5-14(13)27-16(15)24-18(25)19(21,22)23/h6-9H,1-5,10H2. The molecule has 1 aromatic carbocycles. The Morgan fingerprint density at radius 2 is 1.81 bits per heavy atom. The molecule has 27 heavy (non-hydrogen) atoms. The zero-order valence-corrected chi connectivity index (χ0v) is 15.8. The first-order valence-electron chi connectivity index (χ1n) is 8.71. The number of alkyl halides is 3. The molecule has 0 unspecified atom stereocenters. The lowest BCUT2D eigenvalue weighted by molar-refractivity contribution is -0.147. The van der Waals surface area contributed by atoms with Crippen LogP contribution in [0.1, 0.15) is 41.1 Å². The van der Waals surface area contributed by atoms with Crippen molar-refractivity contribution >= 4 is 33.2 Å². The number of nitrogens with zero attached hydrogens (tertiary/aromatic N) is 2. The zero-order chi connectivity index (χ0) is 19.2. The Labute approximate surface area is 162 Å². The van der Waals surface area contributed by atoms with Gasteiger partial charge in [-0.3, -0.25) is 9.36 Å². The topological polar surface area (TPSA) is 34.9 Å². The van der Waals surface area contributed by atoms with E-state index in [2.05, 4.69) is 4.98 Å². The fourth-order valence-electron chi connectivity index (χ4n) is 3.55. The van der Waals surface area contributed by atoms with Gasteiger partial charge in [-0.25, -0.2) is 4.98 Å². The summed E-state index contributed by atoms with van der Waals surface area (Å²) in [5.74, 6) is -1.15. The molecular weight excluding hydrogens is 397 g/mol. The fraction of sp³-hybridized carbons (Fsp3) is 0.368. The molecule has 0 atom stereocenters. The second-order valence-electron chi connectivity index (χ2n) is 6.70. The van der Waals surface area contributed by atoms with Crippen molar-refractivity contribution in [1.29, 1.82) is 0 Å². The summed E-state index contributed by atoms with van der Waals surface area (Å²) in [4.78, 5) is 18.2. The number of benzene rings is 1. The van der Waals surface area contributed by atoms with Gasteiger partial charge in [-0.1, -0.05) is 30.2 Å². The van der Waals surface area contributed by atoms with E-state index in [9.17, 15) is 18.0 Å². The van der Waals surface area contributed by atoms with Crippen molar-refractivity contribution in [1.82, 2.24) is 9.55 Å². The lowest BCUT2D eigenvalue weighted by Crippen LogP contribution is -2.30. The van der Waals surface area contributed by atoms with Crippen LogP contribution >= 0.6 is 22.9 Å². The molecule has 1 aliphatic rings. The van der Waals surface area contributed by atoms with Gasteiger partial charge in [0.1, 0.15) is 4.83 Å². The van der Waals surface area contributed by atoms with Gasteiger partial charge in [-0.2, -0.15) is 13.2 Å². The SMILES string of the molecule is O=c1c2c3c(sc2nc(C(F)(F)F)n1Cc1ccc(Cl)cc1)CCCCC3. The Hall–Kier alpha value is -1.86. The highest BCUT2D eigenvalue weighted by Gasteiger charge is 2.38. The molecule has 0 fully saturated rings. The molecule has 0 aliphatic heterocycles. The molecule has 3 nitrogen and oxygen atoms in total. The predicted molar refractivity (Wildman–Crippen MR) is 101 cm³/mol. The predicted octanol–water partition coefficient (Wildman–Crippen LogP) is 5.45. The van der Waals surface area contributed by atoms with Gasteiger partial charge in [0.05, 0.1) is 11.9 Å². The Morgan fingerprint density at radius 1 is 1.11 bits per heavy atom. The maximum Gasteiger partial charge on any atom is 0.449 e. The van der Waals surface area contributed by atoms with Crippen LogP contribution in [0, 0.1) is 0 Å². The van der Waals surface area contributed by atoms with E-state index in [1.165, 1.54) is 11.3 Å². The highest BCUT2D eigenvalue weighted by molar-refractivity contribution is 7.18. The van der Waals surface area contributed by atoms with Crippen molar-refractivity contribution in [3.63, 3.8) is 0 Å². The first kappa shape index (κ1) is 18.5. The Bertz CT molecular complexity index is 1050. The van der Waals surface area contributed by atoms with Gasteiger partial charge in [0.15, 0.2) is 0 Å². The molecular formula is C19H16ClF3N2OS. The second-order valence-corrected chi connectivity index (χ2v) is 8.22. The highest BCUT2D eigenvalue weighted by Crippen LogP contribution is 2.35. The number of thiophene rings is 1. The van der Waals surface area contributed by atoms with E-state index < -0.39 is 17.6 Å². The van der Waals surface area contributed by atoms with Crippen molar-refractivity contribution in [2.75, 3.05) is 0 Å². The van der Waals surface area contributed by atoms with Crippen molar-refractivity contribution in [2.24, 2.45) is 0 Å². The Balaban J connectivity index is 1.94. The molecule has 1 aliphatic carbocycles. The molecule has 3 aromatic rings. The van der Waals surface area contributed by atoms with Gasteiger partial charge >= 0.3 is 6.18 Å². The van der Waals surface area contributed by atoms with Crippen LogP contribution < -0.4 is 5.56 Å². The number of aromatic nitrogens is 2. The van der Waals surface area contributed by atoms with Crippen LogP contribution in [0.3, 0.4) is 0 Å². The third kappa shape index (κ3) is 3.50. The van der Waals surface area contributed by atoms with Crippen LogP contribution in [0.5, 0.6) is 0 Å². The van der Waals surface area contributed by atoms with E-state index in [0.29, 0.717) is 16.0 Å². The minimum absolute atomic E-state index is 0.196. The normalized spacial score (nSPS) is 15.0. The zero-order valence-electron chi connectivity index (χ0n) is 14.3. The molecule has 2 heterocycles. The number of hydrogen-bond donors (Lipinski definition) is 0. The van der Waals surface area contributed by atoms with Crippen LogP contribution in [0.15, 0.2) is 29.1 Å². The first-order chi connectivity index (χ1) is 12.8. The van der Waals surface area contributed by atoms with Gasteiger partial charge in [-0.05, 0) is 48.9 Å². The molecule has 0 N–H and O–H groups in total. The maximum absolute atomic E-state index is 13.6. The van der Waals surface area contributed by atoms with Gasteiger partial charge in [0.2, 0.25) is 5.82 Å². The van der Waals surface area contributed by atoms with Crippen LogP contribution in [0.2, 0.25) is 5.02 Å². The number of fused-ring (bicyclic) bond motifs is 3. The fourth-order valence-corrected chi connectivity index (χ4v) is 4.93. The van der Waals surface area contributed by atoms with Crippen molar-refractivity contribution in [3.05, 3.63) is 61.5 Å². The Kier molecular flexibility index (Phi) is 4.76. The van der Waals surface area contributed by atoms with Crippen LogP contribution in [0.25, 0.3) is 10.2 Å². The summed E-state index contributed by atoms with van der Waals surface area (Å²) >= 11 is 7.08. The summed E-state index contributed by atoms with van der Waals surface area (Å²) in [5.41, 5.74) is 0.847. The number of rotatable bonds is 2. The number of halogens is 4. The van der Waals surface area contributed by atoms with Gasteiger partial charge in [-0.15, -0.1) is 11.3 Å². The first-order valence-corrected chi connectivity index (χ1v) is 9.91. The minimum Gasteiger partial charge on any atom is -0.284 e. The van der Waals surface area contributed by atoms with E-state index in [-0.39, 0.29) is 11.4 Å². The molecule has 0 bridgehead atoms. The highest BCUT2D eigenvalue weighted by atomic mass is 35.5. The average molecular weight is 413 g/mol. The summed E-state index contributed by atoms with van der Waals surface area (Å²) in [6, 6.07) is 6.43. The third-order valence-corrected chi connectivity index (χ3v) is 6.27. The Morgan fingerprint density at radius 3 is 2.52 bits per heavy atom. The molecule has 142 valence electrons. The van der Waals surface area contributed by atoms with Gasteiger partial charge in [0.25, 0.3) is 5.56 Å². The summed E-state index contributed by atoms with van der Waals surface area (Å²) in [6.45, 7) is -0.196. The molecule has 0 amide bonds. The van der Waals surface area contributed by atoms with E-state index in [1.54, 1.807) is 24.3 Å². The summed E-state index contributed by atoms with van der Waals surface area (Å²) in [5, 5.41) is 0.845. The van der Waals surface area contributed by atoms with Crippen molar-refractivity contribution in [3.8, 4) is 0 Å². The van der Waals surface area contributed by atoms with Crippen molar-refractivity contribution in [2.45, 2.75) is 44.8 Å². The van der Waals surface area contributed by atoms with Crippen molar-refractivity contribution < 1.29 is 13.2 Å². The largest absolute Gasteiger partial charge is 0.449 e. The monoisotopic (exact) mass is 412 g/mol. The van der Waals surface area contributed by atoms with Crippen LogP contribution in [-0.2, 0) is 25.6 Å². The van der Waals surface area contributed by atoms with E-state index in [0.717, 1.165) is 47.1 Å². The minimum atomic E-state index is -4.71. The maximum atomic E-state index is 13.6. The van der Waals surface area contributed by atoms with E-state index in [1.807, 2.05) is 0 Å². The third-order valence-electron chi connectivity index (χ3n) is 4.83. The van der Waals surface area contributed by atoms with Gasteiger partial charge in [0, 0.05) is 9.90 Å². The lowest BCUT2D eigenvalue weighted by atomic mass is 10.1. The molecule has 0 saturated heterocycles. The molecule has 0 saturated carbocycles.